The van der Waals surface area contributed by atoms with Gasteiger partial charge in [-0.1, -0.05) is 56.4 Å². The Bertz CT molecular complexity index is 811. The van der Waals surface area contributed by atoms with Gasteiger partial charge in [0.15, 0.2) is 0 Å². The Kier molecular flexibility index (Phi) is 7.31. The maximum atomic E-state index is 13.3. The summed E-state index contributed by atoms with van der Waals surface area (Å²) in [7, 11) is 1.63. The largest absolute Gasteiger partial charge is 0.497 e. The van der Waals surface area contributed by atoms with Crippen molar-refractivity contribution in [2.24, 2.45) is 0 Å². The summed E-state index contributed by atoms with van der Waals surface area (Å²) < 4.78 is 11.1. The average molecular weight is 430 g/mol. The summed E-state index contributed by atoms with van der Waals surface area (Å²) in [5.74, 6) is 1.76. The molecule has 6 nitrogen and oxygen atoms in total. The second kappa shape index (κ2) is 10.3. The van der Waals surface area contributed by atoms with Crippen LogP contribution in [0.3, 0.4) is 0 Å². The Hall–Kier alpha value is -2.02. The zero-order chi connectivity index (χ0) is 20.8. The maximum absolute atomic E-state index is 13.3. The molecule has 0 bridgehead atoms. The van der Waals surface area contributed by atoms with E-state index in [0.29, 0.717) is 29.0 Å². The lowest BCUT2D eigenvalue weighted by molar-refractivity contribution is -0.135. The SMILES string of the molecule is COc1cccc(-c2nnc(SCC(=O)N(C3CCCCC3)C3CCCCC3)o2)c1. The number of ether oxygens (including phenoxy) is 1. The molecule has 1 aromatic heterocycles. The molecule has 0 unspecified atom stereocenters. The normalized spacial score (nSPS) is 18.3. The van der Waals surface area contributed by atoms with Gasteiger partial charge in [-0.15, -0.1) is 10.2 Å². The molecule has 0 radical (unpaired) electrons. The van der Waals surface area contributed by atoms with E-state index in [2.05, 4.69) is 15.1 Å². The molecule has 0 aliphatic heterocycles. The molecule has 1 aromatic carbocycles. The Morgan fingerprint density at radius 3 is 2.37 bits per heavy atom. The molecule has 0 atom stereocenters. The fraction of sp³-hybridized carbons (Fsp3) is 0.609. The molecule has 1 heterocycles. The van der Waals surface area contributed by atoms with E-state index in [9.17, 15) is 4.79 Å². The van der Waals surface area contributed by atoms with Crippen LogP contribution in [0.25, 0.3) is 11.5 Å². The average Bonchev–Trinajstić information content (AvgIpc) is 3.29. The summed E-state index contributed by atoms with van der Waals surface area (Å²) in [6.07, 6.45) is 12.1. The predicted molar refractivity (Wildman–Crippen MR) is 118 cm³/mol. The van der Waals surface area contributed by atoms with Gasteiger partial charge in [0.05, 0.1) is 12.9 Å². The van der Waals surface area contributed by atoms with Crippen molar-refractivity contribution >= 4 is 17.7 Å². The first kappa shape index (κ1) is 21.2. The fourth-order valence-electron chi connectivity index (χ4n) is 4.76. The number of thioether (sulfide) groups is 1. The number of benzene rings is 1. The van der Waals surface area contributed by atoms with E-state index in [-0.39, 0.29) is 5.91 Å². The molecular formula is C23H31N3O3S. The molecule has 2 fully saturated rings. The lowest BCUT2D eigenvalue weighted by Crippen LogP contribution is -2.49. The highest BCUT2D eigenvalue weighted by molar-refractivity contribution is 7.99. The lowest BCUT2D eigenvalue weighted by Gasteiger charge is -2.41. The zero-order valence-corrected chi connectivity index (χ0v) is 18.5. The number of rotatable bonds is 7. The summed E-state index contributed by atoms with van der Waals surface area (Å²) in [4.78, 5) is 15.5. The molecular weight excluding hydrogens is 398 g/mol. The number of amides is 1. The van der Waals surface area contributed by atoms with E-state index in [1.54, 1.807) is 7.11 Å². The fourth-order valence-corrected chi connectivity index (χ4v) is 5.40. The first-order chi connectivity index (χ1) is 14.7. The van der Waals surface area contributed by atoms with E-state index in [1.807, 2.05) is 24.3 Å². The molecule has 0 saturated heterocycles. The minimum atomic E-state index is 0.222. The van der Waals surface area contributed by atoms with Gasteiger partial charge in [-0.3, -0.25) is 4.79 Å². The van der Waals surface area contributed by atoms with E-state index >= 15 is 0 Å². The molecule has 2 aliphatic carbocycles. The van der Waals surface area contributed by atoms with Crippen molar-refractivity contribution in [2.45, 2.75) is 81.5 Å². The molecule has 2 aromatic rings. The van der Waals surface area contributed by atoms with Crippen LogP contribution in [0.1, 0.15) is 64.2 Å². The first-order valence-corrected chi connectivity index (χ1v) is 12.1. The zero-order valence-electron chi connectivity index (χ0n) is 17.7. The van der Waals surface area contributed by atoms with Crippen LogP contribution in [0, 0.1) is 0 Å². The summed E-state index contributed by atoms with van der Waals surface area (Å²) >= 11 is 1.35. The van der Waals surface area contributed by atoms with Crippen LogP contribution in [-0.2, 0) is 4.79 Å². The van der Waals surface area contributed by atoms with Crippen molar-refractivity contribution in [1.29, 1.82) is 0 Å². The van der Waals surface area contributed by atoms with Crippen LogP contribution in [0.4, 0.5) is 0 Å². The second-order valence-corrected chi connectivity index (χ2v) is 9.21. The van der Waals surface area contributed by atoms with Gasteiger partial charge >= 0.3 is 0 Å². The molecule has 30 heavy (non-hydrogen) atoms. The van der Waals surface area contributed by atoms with Gasteiger partial charge in [-0.25, -0.2) is 0 Å². The third kappa shape index (κ3) is 5.17. The van der Waals surface area contributed by atoms with Crippen LogP contribution in [0.5, 0.6) is 5.75 Å². The standard InChI is InChI=1S/C23H31N3O3S/c1-28-20-14-8-9-17(15-20)22-24-25-23(29-22)30-16-21(27)26(18-10-4-2-5-11-18)19-12-6-3-7-13-19/h8-9,14-15,18-19H,2-7,10-13,16H2,1H3. The van der Waals surface area contributed by atoms with Crippen molar-refractivity contribution in [3.8, 4) is 17.2 Å². The van der Waals surface area contributed by atoms with Gasteiger partial charge < -0.3 is 14.1 Å². The number of hydrogen-bond donors (Lipinski definition) is 0. The third-order valence-electron chi connectivity index (χ3n) is 6.27. The summed E-state index contributed by atoms with van der Waals surface area (Å²) in [5.41, 5.74) is 0.811. The quantitative estimate of drug-likeness (QED) is 0.554. The number of carbonyl (C=O) groups is 1. The minimum absolute atomic E-state index is 0.222. The van der Waals surface area contributed by atoms with Crippen LogP contribution in [-0.4, -0.2) is 46.0 Å². The Morgan fingerprint density at radius 1 is 1.07 bits per heavy atom. The first-order valence-electron chi connectivity index (χ1n) is 11.2. The molecule has 0 N–H and O–H groups in total. The van der Waals surface area contributed by atoms with Gasteiger partial charge in [-0.05, 0) is 43.9 Å². The van der Waals surface area contributed by atoms with E-state index in [1.165, 1.54) is 50.3 Å². The van der Waals surface area contributed by atoms with Crippen molar-refractivity contribution in [1.82, 2.24) is 15.1 Å². The van der Waals surface area contributed by atoms with Crippen molar-refractivity contribution in [3.63, 3.8) is 0 Å². The Balaban J connectivity index is 1.41. The van der Waals surface area contributed by atoms with Gasteiger partial charge in [0.2, 0.25) is 11.8 Å². The Labute approximate surface area is 182 Å². The molecule has 7 heteroatoms. The summed E-state index contributed by atoms with van der Waals surface area (Å²) in [6.45, 7) is 0. The molecule has 162 valence electrons. The minimum Gasteiger partial charge on any atom is -0.497 e. The van der Waals surface area contributed by atoms with E-state index in [4.69, 9.17) is 9.15 Å². The van der Waals surface area contributed by atoms with Crippen LogP contribution in [0.2, 0.25) is 0 Å². The van der Waals surface area contributed by atoms with Crippen molar-refractivity contribution < 1.29 is 13.9 Å². The topological polar surface area (TPSA) is 68.5 Å². The van der Waals surface area contributed by atoms with Crippen molar-refractivity contribution in [2.75, 3.05) is 12.9 Å². The summed E-state index contributed by atoms with van der Waals surface area (Å²) in [6, 6.07) is 8.35. The van der Waals surface area contributed by atoms with Gasteiger partial charge in [-0.2, -0.15) is 0 Å². The molecule has 0 spiro atoms. The number of hydrogen-bond acceptors (Lipinski definition) is 6. The molecule has 2 saturated carbocycles. The third-order valence-corrected chi connectivity index (χ3v) is 7.07. The highest BCUT2D eigenvalue weighted by Gasteiger charge is 2.32. The lowest BCUT2D eigenvalue weighted by atomic mass is 9.88. The molecule has 1 amide bonds. The maximum Gasteiger partial charge on any atom is 0.277 e. The monoisotopic (exact) mass is 429 g/mol. The van der Waals surface area contributed by atoms with Gasteiger partial charge in [0, 0.05) is 17.6 Å². The number of methoxy groups -OCH3 is 1. The van der Waals surface area contributed by atoms with Crippen LogP contribution < -0.4 is 4.74 Å². The number of nitrogens with zero attached hydrogens (tertiary/aromatic N) is 3. The highest BCUT2D eigenvalue weighted by atomic mass is 32.2. The highest BCUT2D eigenvalue weighted by Crippen LogP contribution is 2.32. The second-order valence-electron chi connectivity index (χ2n) is 8.28. The predicted octanol–water partition coefficient (Wildman–Crippen LogP) is 5.33. The van der Waals surface area contributed by atoms with Crippen LogP contribution in [0.15, 0.2) is 33.9 Å². The van der Waals surface area contributed by atoms with Gasteiger partial charge in [0.1, 0.15) is 5.75 Å². The van der Waals surface area contributed by atoms with Crippen LogP contribution >= 0.6 is 11.8 Å². The van der Waals surface area contributed by atoms with Crippen molar-refractivity contribution in [3.05, 3.63) is 24.3 Å². The molecule has 2 aliphatic rings. The summed E-state index contributed by atoms with van der Waals surface area (Å²) in [5, 5.41) is 8.72. The van der Waals surface area contributed by atoms with Gasteiger partial charge in [0.25, 0.3) is 5.22 Å². The smallest absolute Gasteiger partial charge is 0.277 e. The Morgan fingerprint density at radius 2 is 1.73 bits per heavy atom. The van der Waals surface area contributed by atoms with E-state index < -0.39 is 0 Å². The number of carbonyl (C=O) groups excluding carboxylic acids is 1. The van der Waals surface area contributed by atoms with E-state index in [0.717, 1.165) is 37.0 Å². The molecule has 4 rings (SSSR count). The number of aromatic nitrogens is 2.